The Kier molecular flexibility index (Phi) is 4.30. The van der Waals surface area contributed by atoms with E-state index in [4.69, 9.17) is 9.63 Å². The lowest BCUT2D eigenvalue weighted by Crippen LogP contribution is -2.25. The third kappa shape index (κ3) is 4.12. The molecule has 0 aliphatic heterocycles. The molecule has 0 aromatic carbocycles. The molecule has 0 bridgehead atoms. The van der Waals surface area contributed by atoms with Crippen molar-refractivity contribution in [2.45, 2.75) is 26.8 Å². The molecule has 0 saturated carbocycles. The van der Waals surface area contributed by atoms with Gasteiger partial charge in [0.05, 0.1) is 12.1 Å². The van der Waals surface area contributed by atoms with Gasteiger partial charge in [-0.05, 0) is 13.5 Å². The molecule has 0 atom stereocenters. The van der Waals surface area contributed by atoms with Gasteiger partial charge in [0.25, 0.3) is 0 Å². The second-order valence-corrected chi connectivity index (χ2v) is 3.44. The molecule has 0 unspecified atom stereocenters. The second-order valence-electron chi connectivity index (χ2n) is 3.44. The van der Waals surface area contributed by atoms with Crippen LogP contribution in [0, 0.1) is 6.92 Å². The summed E-state index contributed by atoms with van der Waals surface area (Å²) >= 11 is 0. The van der Waals surface area contributed by atoms with Gasteiger partial charge in [0.2, 0.25) is 0 Å². The predicted octanol–water partition coefficient (Wildman–Crippen LogP) is 1.28. The Balaban J connectivity index is 2.42. The molecule has 0 aliphatic carbocycles. The maximum atomic E-state index is 10.4. The van der Waals surface area contributed by atoms with Crippen molar-refractivity contribution < 1.29 is 14.4 Å². The van der Waals surface area contributed by atoms with Gasteiger partial charge in [-0.15, -0.1) is 0 Å². The Morgan fingerprint density at radius 3 is 2.87 bits per heavy atom. The molecule has 1 heterocycles. The monoisotopic (exact) mass is 212 g/mol. The smallest absolute Gasteiger partial charge is 0.304 e. The summed E-state index contributed by atoms with van der Waals surface area (Å²) in [5.41, 5.74) is 0.847. The van der Waals surface area contributed by atoms with Gasteiger partial charge in [-0.1, -0.05) is 12.1 Å². The van der Waals surface area contributed by atoms with Crippen LogP contribution in [-0.4, -0.2) is 34.2 Å². The molecule has 1 N–H and O–H groups in total. The third-order valence-corrected chi connectivity index (χ3v) is 2.15. The number of hydrogen-bond acceptors (Lipinski definition) is 4. The number of carboxylic acids is 1. The minimum Gasteiger partial charge on any atom is -0.481 e. The maximum absolute atomic E-state index is 10.4. The number of rotatable bonds is 6. The SMILES string of the molecule is CCN(CCC(=O)O)Cc1cc(C)on1. The molecular formula is C10H16N2O3. The van der Waals surface area contributed by atoms with Crippen LogP contribution in [0.5, 0.6) is 0 Å². The average Bonchev–Trinajstić information content (AvgIpc) is 2.58. The second kappa shape index (κ2) is 5.50. The normalized spacial score (nSPS) is 10.9. The molecule has 84 valence electrons. The summed E-state index contributed by atoms with van der Waals surface area (Å²) in [6, 6.07) is 1.86. The molecule has 5 nitrogen and oxygen atoms in total. The summed E-state index contributed by atoms with van der Waals surface area (Å²) in [5.74, 6) is 0.00377. The Labute approximate surface area is 88.7 Å². The van der Waals surface area contributed by atoms with Gasteiger partial charge >= 0.3 is 5.97 Å². The van der Waals surface area contributed by atoms with Gasteiger partial charge in [0, 0.05) is 19.2 Å². The zero-order valence-corrected chi connectivity index (χ0v) is 9.06. The summed E-state index contributed by atoms with van der Waals surface area (Å²) in [7, 11) is 0. The van der Waals surface area contributed by atoms with Crippen LogP contribution in [0.3, 0.4) is 0 Å². The first-order valence-electron chi connectivity index (χ1n) is 4.98. The molecular weight excluding hydrogens is 196 g/mol. The van der Waals surface area contributed by atoms with E-state index >= 15 is 0 Å². The molecule has 1 aromatic rings. The van der Waals surface area contributed by atoms with Crippen molar-refractivity contribution in [3.63, 3.8) is 0 Å². The van der Waals surface area contributed by atoms with E-state index in [9.17, 15) is 4.79 Å². The first-order valence-corrected chi connectivity index (χ1v) is 4.98. The van der Waals surface area contributed by atoms with E-state index in [1.54, 1.807) is 0 Å². The quantitative estimate of drug-likeness (QED) is 0.769. The van der Waals surface area contributed by atoms with Crippen LogP contribution in [-0.2, 0) is 11.3 Å². The number of nitrogens with zero attached hydrogens (tertiary/aromatic N) is 2. The standard InChI is InChI=1S/C10H16N2O3/c1-3-12(5-4-10(13)14)7-9-6-8(2)15-11-9/h6H,3-5,7H2,1-2H3,(H,13,14). The van der Waals surface area contributed by atoms with Gasteiger partial charge in [-0.2, -0.15) is 0 Å². The zero-order valence-electron chi connectivity index (χ0n) is 9.06. The van der Waals surface area contributed by atoms with Crippen molar-refractivity contribution in [3.8, 4) is 0 Å². The van der Waals surface area contributed by atoms with Gasteiger partial charge in [0.1, 0.15) is 5.76 Å². The van der Waals surface area contributed by atoms with Gasteiger partial charge in [-0.3, -0.25) is 9.69 Å². The largest absolute Gasteiger partial charge is 0.481 e. The third-order valence-electron chi connectivity index (χ3n) is 2.15. The Morgan fingerprint density at radius 2 is 2.40 bits per heavy atom. The highest BCUT2D eigenvalue weighted by Crippen LogP contribution is 2.05. The highest BCUT2D eigenvalue weighted by atomic mass is 16.5. The summed E-state index contributed by atoms with van der Waals surface area (Å²) in [5, 5.41) is 12.4. The molecule has 0 fully saturated rings. The molecule has 1 rings (SSSR count). The van der Waals surface area contributed by atoms with Crippen LogP contribution >= 0.6 is 0 Å². The molecule has 0 saturated heterocycles. The van der Waals surface area contributed by atoms with E-state index in [2.05, 4.69) is 5.16 Å². The van der Waals surface area contributed by atoms with Crippen molar-refractivity contribution in [1.82, 2.24) is 10.1 Å². The summed E-state index contributed by atoms with van der Waals surface area (Å²) in [6.45, 7) is 5.82. The van der Waals surface area contributed by atoms with Crippen LogP contribution < -0.4 is 0 Å². The van der Waals surface area contributed by atoms with Crippen molar-refractivity contribution in [2.24, 2.45) is 0 Å². The fraction of sp³-hybridized carbons (Fsp3) is 0.600. The molecule has 0 amide bonds. The number of carbonyl (C=O) groups is 1. The molecule has 1 aromatic heterocycles. The van der Waals surface area contributed by atoms with Crippen molar-refractivity contribution in [2.75, 3.05) is 13.1 Å². The first kappa shape index (κ1) is 11.7. The highest BCUT2D eigenvalue weighted by Gasteiger charge is 2.08. The summed E-state index contributed by atoms with van der Waals surface area (Å²) in [4.78, 5) is 12.4. The van der Waals surface area contributed by atoms with Crippen molar-refractivity contribution >= 4 is 5.97 Å². The maximum Gasteiger partial charge on any atom is 0.304 e. The first-order chi connectivity index (χ1) is 7.11. The van der Waals surface area contributed by atoms with E-state index in [-0.39, 0.29) is 6.42 Å². The van der Waals surface area contributed by atoms with E-state index in [1.807, 2.05) is 24.8 Å². The number of aryl methyl sites for hydroxylation is 1. The number of carboxylic acid groups (broad SMARTS) is 1. The van der Waals surface area contributed by atoms with E-state index in [1.165, 1.54) is 0 Å². The average molecular weight is 212 g/mol. The summed E-state index contributed by atoms with van der Waals surface area (Å²) < 4.78 is 4.94. The number of hydrogen-bond donors (Lipinski definition) is 1. The van der Waals surface area contributed by atoms with Crippen molar-refractivity contribution in [1.29, 1.82) is 0 Å². The number of aliphatic carboxylic acids is 1. The lowest BCUT2D eigenvalue weighted by atomic mass is 10.3. The lowest BCUT2D eigenvalue weighted by Gasteiger charge is -2.17. The Hall–Kier alpha value is -1.36. The van der Waals surface area contributed by atoms with Crippen LogP contribution in [0.2, 0.25) is 0 Å². The number of aromatic nitrogens is 1. The Morgan fingerprint density at radius 1 is 1.67 bits per heavy atom. The zero-order chi connectivity index (χ0) is 11.3. The Bertz CT molecular complexity index is 322. The molecule has 0 radical (unpaired) electrons. The predicted molar refractivity (Wildman–Crippen MR) is 54.4 cm³/mol. The lowest BCUT2D eigenvalue weighted by molar-refractivity contribution is -0.137. The molecule has 5 heteroatoms. The van der Waals surface area contributed by atoms with E-state index in [0.717, 1.165) is 18.0 Å². The van der Waals surface area contributed by atoms with Crippen LogP contribution in [0.4, 0.5) is 0 Å². The van der Waals surface area contributed by atoms with Crippen molar-refractivity contribution in [3.05, 3.63) is 17.5 Å². The molecule has 0 spiro atoms. The van der Waals surface area contributed by atoms with Gasteiger partial charge < -0.3 is 9.63 Å². The van der Waals surface area contributed by atoms with E-state index in [0.29, 0.717) is 13.1 Å². The van der Waals surface area contributed by atoms with Gasteiger partial charge in [0.15, 0.2) is 0 Å². The van der Waals surface area contributed by atoms with Crippen LogP contribution in [0.1, 0.15) is 24.8 Å². The topological polar surface area (TPSA) is 66.6 Å². The molecule has 15 heavy (non-hydrogen) atoms. The van der Waals surface area contributed by atoms with Gasteiger partial charge in [-0.25, -0.2) is 0 Å². The van der Waals surface area contributed by atoms with Crippen LogP contribution in [0.15, 0.2) is 10.6 Å². The minimum absolute atomic E-state index is 0.157. The highest BCUT2D eigenvalue weighted by molar-refractivity contribution is 5.66. The van der Waals surface area contributed by atoms with E-state index < -0.39 is 5.97 Å². The fourth-order valence-electron chi connectivity index (χ4n) is 1.32. The summed E-state index contributed by atoms with van der Waals surface area (Å²) in [6.07, 6.45) is 0.157. The molecule has 0 aliphatic rings. The fourth-order valence-corrected chi connectivity index (χ4v) is 1.32. The van der Waals surface area contributed by atoms with Crippen LogP contribution in [0.25, 0.3) is 0 Å². The minimum atomic E-state index is -0.773.